The molecule has 12 aromatic rings. The van der Waals surface area contributed by atoms with Gasteiger partial charge in [-0.05, 0) is 94.0 Å². The van der Waals surface area contributed by atoms with Gasteiger partial charge < -0.3 is 9.13 Å². The van der Waals surface area contributed by atoms with Gasteiger partial charge in [-0.3, -0.25) is 0 Å². The molecule has 0 radical (unpaired) electrons. The van der Waals surface area contributed by atoms with E-state index in [1.54, 1.807) is 0 Å². The van der Waals surface area contributed by atoms with Crippen molar-refractivity contribution in [1.82, 2.24) is 9.13 Å². The topological polar surface area (TPSA) is 9.86 Å². The Morgan fingerprint density at radius 3 is 1.47 bits per heavy atom. The molecule has 0 bridgehead atoms. The van der Waals surface area contributed by atoms with Crippen LogP contribution in [0.3, 0.4) is 0 Å². The number of rotatable bonds is 5. The minimum atomic E-state index is 1.13. The summed E-state index contributed by atoms with van der Waals surface area (Å²) in [4.78, 5) is 0. The number of hydrogen-bond acceptors (Lipinski definition) is 1. The average Bonchev–Trinajstić information content (AvgIpc) is 3.95. The number of nitrogens with zero attached hydrogens (tertiary/aromatic N) is 2. The van der Waals surface area contributed by atoms with Crippen molar-refractivity contribution in [2.75, 3.05) is 0 Å². The van der Waals surface area contributed by atoms with E-state index in [1.165, 1.54) is 103 Å². The predicted octanol–water partition coefficient (Wildman–Crippen LogP) is 15.2. The van der Waals surface area contributed by atoms with Crippen LogP contribution in [0.5, 0.6) is 0 Å². The third kappa shape index (κ3) is 4.96. The maximum absolute atomic E-state index is 2.51. The molecule has 0 aliphatic carbocycles. The van der Waals surface area contributed by atoms with Crippen LogP contribution in [0.2, 0.25) is 0 Å². The second kappa shape index (κ2) is 12.7. The van der Waals surface area contributed by atoms with Crippen LogP contribution in [-0.2, 0) is 0 Å². The van der Waals surface area contributed by atoms with Gasteiger partial charge in [0.25, 0.3) is 0 Å². The van der Waals surface area contributed by atoms with E-state index in [-0.39, 0.29) is 0 Å². The molecule has 0 aliphatic rings. The van der Waals surface area contributed by atoms with E-state index < -0.39 is 0 Å². The van der Waals surface area contributed by atoms with Crippen LogP contribution in [0.25, 0.3) is 109 Å². The van der Waals surface area contributed by atoms with Crippen molar-refractivity contribution < 1.29 is 0 Å². The lowest BCUT2D eigenvalue weighted by Gasteiger charge is -2.15. The lowest BCUT2D eigenvalue weighted by atomic mass is 9.93. The molecular formula is C54H34N2S. The Kier molecular flexibility index (Phi) is 7.13. The van der Waals surface area contributed by atoms with Crippen molar-refractivity contribution in [3.8, 4) is 44.8 Å². The van der Waals surface area contributed by atoms with Crippen LogP contribution in [0, 0.1) is 0 Å². The molecule has 0 N–H and O–H groups in total. The fraction of sp³-hybridized carbons (Fsp3) is 0. The minimum absolute atomic E-state index is 1.13. The summed E-state index contributed by atoms with van der Waals surface area (Å²) in [6, 6.07) is 75.6. The zero-order valence-corrected chi connectivity index (χ0v) is 31.7. The zero-order chi connectivity index (χ0) is 37.5. The number of hydrogen-bond donors (Lipinski definition) is 0. The Morgan fingerprint density at radius 2 is 0.842 bits per heavy atom. The molecule has 0 amide bonds. The third-order valence-corrected chi connectivity index (χ3v) is 12.9. The van der Waals surface area contributed by atoms with Crippen molar-refractivity contribution in [2.24, 2.45) is 0 Å². The molecule has 57 heavy (non-hydrogen) atoms. The molecule has 12 rings (SSSR count). The van der Waals surface area contributed by atoms with E-state index in [0.29, 0.717) is 0 Å². The molecule has 0 spiro atoms. The molecule has 0 fully saturated rings. The van der Waals surface area contributed by atoms with Crippen molar-refractivity contribution in [1.29, 1.82) is 0 Å². The summed E-state index contributed by atoms with van der Waals surface area (Å²) in [6.07, 6.45) is 0. The number of benzene rings is 9. The molecule has 0 saturated heterocycles. The SMILES string of the molecule is c1ccc(-c2cc(-c3ccccc3)cc(-c3ccc(-n4c5ccc6c7ccccc7sc6c5c5cccc(-n6c7ccccc7c7ccccc76)c54)cc3)c2)cc1. The minimum Gasteiger partial charge on any atom is -0.307 e. The number of fused-ring (bicyclic) bond motifs is 10. The Labute approximate surface area is 333 Å². The van der Waals surface area contributed by atoms with Crippen molar-refractivity contribution in [3.05, 3.63) is 206 Å². The van der Waals surface area contributed by atoms with Gasteiger partial charge in [0.2, 0.25) is 0 Å². The maximum atomic E-state index is 2.51. The fourth-order valence-electron chi connectivity index (χ4n) is 9.14. The van der Waals surface area contributed by atoms with Gasteiger partial charge in [-0.25, -0.2) is 0 Å². The van der Waals surface area contributed by atoms with E-state index in [2.05, 4.69) is 215 Å². The Morgan fingerprint density at radius 1 is 0.316 bits per heavy atom. The average molecular weight is 743 g/mol. The van der Waals surface area contributed by atoms with Gasteiger partial charge in [0.1, 0.15) is 0 Å². The van der Waals surface area contributed by atoms with Gasteiger partial charge in [-0.2, -0.15) is 0 Å². The summed E-state index contributed by atoms with van der Waals surface area (Å²) in [7, 11) is 0. The molecule has 3 heterocycles. The first-order valence-electron chi connectivity index (χ1n) is 19.5. The number of thiophene rings is 1. The smallest absolute Gasteiger partial charge is 0.0782 e. The fourth-order valence-corrected chi connectivity index (χ4v) is 10.4. The van der Waals surface area contributed by atoms with Crippen molar-refractivity contribution >= 4 is 75.1 Å². The number of aromatic nitrogens is 2. The highest BCUT2D eigenvalue weighted by atomic mass is 32.1. The van der Waals surface area contributed by atoms with E-state index in [9.17, 15) is 0 Å². The van der Waals surface area contributed by atoms with Crippen LogP contribution in [0.4, 0.5) is 0 Å². The highest BCUT2D eigenvalue weighted by Crippen LogP contribution is 2.46. The van der Waals surface area contributed by atoms with Gasteiger partial charge >= 0.3 is 0 Å². The highest BCUT2D eigenvalue weighted by Gasteiger charge is 2.22. The summed E-state index contributed by atoms with van der Waals surface area (Å²) < 4.78 is 7.63. The van der Waals surface area contributed by atoms with Crippen LogP contribution < -0.4 is 0 Å². The van der Waals surface area contributed by atoms with E-state index in [4.69, 9.17) is 0 Å². The van der Waals surface area contributed by atoms with Crippen molar-refractivity contribution in [2.45, 2.75) is 0 Å². The lowest BCUT2D eigenvalue weighted by Crippen LogP contribution is -2.00. The second-order valence-electron chi connectivity index (χ2n) is 14.9. The molecular weight excluding hydrogens is 709 g/mol. The first kappa shape index (κ1) is 32.1. The molecule has 0 atom stereocenters. The van der Waals surface area contributed by atoms with E-state index in [1.807, 2.05) is 11.3 Å². The van der Waals surface area contributed by atoms with Gasteiger partial charge in [0.15, 0.2) is 0 Å². The van der Waals surface area contributed by atoms with Crippen molar-refractivity contribution in [3.63, 3.8) is 0 Å². The second-order valence-corrected chi connectivity index (χ2v) is 15.9. The number of para-hydroxylation sites is 3. The summed E-state index contributed by atoms with van der Waals surface area (Å²) in [6.45, 7) is 0. The molecule has 0 unspecified atom stereocenters. The first-order chi connectivity index (χ1) is 28.3. The van der Waals surface area contributed by atoms with E-state index >= 15 is 0 Å². The van der Waals surface area contributed by atoms with Crippen LogP contribution >= 0.6 is 11.3 Å². The maximum Gasteiger partial charge on any atom is 0.0782 e. The Bertz CT molecular complexity index is 3380. The Hall–Kier alpha value is -7.20. The zero-order valence-electron chi connectivity index (χ0n) is 30.9. The molecule has 0 saturated carbocycles. The summed E-state index contributed by atoms with van der Waals surface area (Å²) in [5.74, 6) is 0. The predicted molar refractivity (Wildman–Crippen MR) is 244 cm³/mol. The van der Waals surface area contributed by atoms with Gasteiger partial charge in [0, 0.05) is 47.4 Å². The molecule has 266 valence electrons. The summed E-state index contributed by atoms with van der Waals surface area (Å²) >= 11 is 1.90. The lowest BCUT2D eigenvalue weighted by molar-refractivity contribution is 1.13. The molecule has 3 aromatic heterocycles. The van der Waals surface area contributed by atoms with Crippen LogP contribution in [0.15, 0.2) is 206 Å². The quantitative estimate of drug-likeness (QED) is 0.166. The van der Waals surface area contributed by atoms with Crippen LogP contribution in [0.1, 0.15) is 0 Å². The normalized spacial score (nSPS) is 11.9. The van der Waals surface area contributed by atoms with Gasteiger partial charge in [0.05, 0.1) is 27.8 Å². The van der Waals surface area contributed by atoms with Crippen LogP contribution in [-0.4, -0.2) is 9.13 Å². The highest BCUT2D eigenvalue weighted by molar-refractivity contribution is 7.26. The monoisotopic (exact) mass is 742 g/mol. The molecule has 9 aromatic carbocycles. The Balaban J connectivity index is 1.12. The molecule has 0 aliphatic heterocycles. The molecule has 3 heteroatoms. The standard InChI is InChI=1S/C54H34N2S/c1-3-14-35(15-4-1)38-32-39(36-16-5-2-6-17-36)34-40(33-38)37-26-28-41(29-27-37)55-49-31-30-45-44-20-9-12-25-51(44)57-54(45)52(49)46-21-13-24-50(53(46)55)56-47-22-10-7-18-42(47)43-19-8-11-23-48(43)56/h1-34H. The first-order valence-corrected chi connectivity index (χ1v) is 20.3. The molecule has 2 nitrogen and oxygen atoms in total. The summed E-state index contributed by atoms with van der Waals surface area (Å²) in [5.41, 5.74) is 14.4. The van der Waals surface area contributed by atoms with E-state index in [0.717, 1.165) is 5.69 Å². The third-order valence-electron chi connectivity index (χ3n) is 11.7. The van der Waals surface area contributed by atoms with Gasteiger partial charge in [-0.1, -0.05) is 146 Å². The summed E-state index contributed by atoms with van der Waals surface area (Å²) in [5, 5.41) is 7.71. The van der Waals surface area contributed by atoms with Gasteiger partial charge in [-0.15, -0.1) is 11.3 Å². The largest absolute Gasteiger partial charge is 0.307 e.